The van der Waals surface area contributed by atoms with Crippen molar-refractivity contribution >= 4 is 12.1 Å². The maximum atomic E-state index is 12.5. The van der Waals surface area contributed by atoms with E-state index in [1.807, 2.05) is 12.1 Å². The van der Waals surface area contributed by atoms with E-state index in [2.05, 4.69) is 74.0 Å². The monoisotopic (exact) mass is 475 g/mol. The van der Waals surface area contributed by atoms with Crippen molar-refractivity contribution in [1.29, 1.82) is 0 Å². The molecule has 0 radical (unpaired) electrons. The van der Waals surface area contributed by atoms with Gasteiger partial charge in [-0.2, -0.15) is 0 Å². The summed E-state index contributed by atoms with van der Waals surface area (Å²) in [4.78, 5) is 32.8. The van der Waals surface area contributed by atoms with Crippen LogP contribution >= 0.6 is 0 Å². The summed E-state index contributed by atoms with van der Waals surface area (Å²) in [6.07, 6.45) is 7.84. The molecule has 0 atom stereocenters. The number of benzene rings is 2. The van der Waals surface area contributed by atoms with Crippen LogP contribution in [0.4, 0.5) is 4.79 Å². The number of nitrogens with zero attached hydrogens (tertiary/aromatic N) is 3. The molecule has 0 spiro atoms. The third-order valence-electron chi connectivity index (χ3n) is 7.56. The van der Waals surface area contributed by atoms with Crippen LogP contribution in [0.5, 0.6) is 0 Å². The number of amides is 2. The van der Waals surface area contributed by atoms with Gasteiger partial charge in [-0.25, -0.2) is 19.4 Å². The first kappa shape index (κ1) is 25.1. The predicted molar refractivity (Wildman–Crippen MR) is 137 cm³/mol. The van der Waals surface area contributed by atoms with Crippen molar-refractivity contribution in [2.45, 2.75) is 44.4 Å². The molecule has 7 nitrogen and oxygen atoms in total. The van der Waals surface area contributed by atoms with E-state index in [0.717, 1.165) is 64.7 Å². The fourth-order valence-electron chi connectivity index (χ4n) is 5.60. The Labute approximate surface area is 208 Å². The van der Waals surface area contributed by atoms with Crippen molar-refractivity contribution in [3.05, 3.63) is 71.8 Å². The van der Waals surface area contributed by atoms with E-state index in [0.29, 0.717) is 11.8 Å². The lowest BCUT2D eigenvalue weighted by molar-refractivity contribution is -0.0966. The second-order valence-electron chi connectivity index (χ2n) is 9.78. The molecular weight excluding hydrogens is 438 g/mol. The minimum absolute atomic E-state index is 0.346. The quantitative estimate of drug-likeness (QED) is 0.450. The van der Waals surface area contributed by atoms with E-state index in [9.17, 15) is 9.59 Å². The summed E-state index contributed by atoms with van der Waals surface area (Å²) < 4.78 is 0. The lowest BCUT2D eigenvalue weighted by atomic mass is 9.89. The largest absolute Gasteiger partial charge is 0.341 e. The number of rotatable bonds is 8. The molecular formula is C28H37N5O2. The molecule has 0 unspecified atom stereocenters. The van der Waals surface area contributed by atoms with E-state index >= 15 is 0 Å². The van der Waals surface area contributed by atoms with Gasteiger partial charge < -0.3 is 5.32 Å². The van der Waals surface area contributed by atoms with Gasteiger partial charge in [0, 0.05) is 33.2 Å². The molecule has 2 saturated heterocycles. The number of isocyanates is 1. The topological polar surface area (TPSA) is 77.0 Å². The lowest BCUT2D eigenvalue weighted by Crippen LogP contribution is -2.72. The number of carbonyl (C=O) groups excluding carboxylic acids is 2. The van der Waals surface area contributed by atoms with Crippen molar-refractivity contribution in [1.82, 2.24) is 20.4 Å². The fraction of sp³-hybridized carbons (Fsp3) is 0.500. The van der Waals surface area contributed by atoms with Crippen LogP contribution in [0.1, 0.15) is 36.8 Å². The number of hydrogen-bond donors (Lipinski definition) is 2. The second kappa shape index (κ2) is 12.1. The average Bonchev–Trinajstić information content (AvgIpc) is 2.90. The normalized spacial score (nSPS) is 18.5. The van der Waals surface area contributed by atoms with Crippen LogP contribution in [0, 0.1) is 11.8 Å². The van der Waals surface area contributed by atoms with Crippen LogP contribution in [0.25, 0.3) is 0 Å². The Hall–Kier alpha value is -2.99. The Bertz CT molecular complexity index is 915. The molecule has 2 amide bonds. The van der Waals surface area contributed by atoms with E-state index in [4.69, 9.17) is 0 Å². The summed E-state index contributed by atoms with van der Waals surface area (Å²) in [7, 11) is 1.59. The van der Waals surface area contributed by atoms with Crippen molar-refractivity contribution in [2.75, 3.05) is 33.2 Å². The minimum Gasteiger partial charge on any atom is -0.341 e. The number of nitrogens with one attached hydrogen (secondary N) is 2. The number of aliphatic imine (C=N–C) groups is 1. The predicted octanol–water partition coefficient (Wildman–Crippen LogP) is 3.77. The molecule has 0 aliphatic carbocycles. The number of piperidine rings is 2. The first-order valence-corrected chi connectivity index (χ1v) is 12.8. The molecule has 2 aliphatic heterocycles. The molecule has 0 saturated carbocycles. The molecule has 4 rings (SSSR count). The standard InChI is InChI=1S/C28H37N5O2/c1-29-27(35)31-28(30-22-34,32-16-12-25(13-17-32)20-23-8-4-2-5-9-23)33-18-14-26(15-19-33)21-24-10-6-3-7-11-24/h2-11,25-26H,12-21H2,1H3,(H2,29,31,35). The molecule has 7 heteroatoms. The highest BCUT2D eigenvalue weighted by molar-refractivity contribution is 5.74. The van der Waals surface area contributed by atoms with Gasteiger partial charge in [-0.3, -0.25) is 5.32 Å². The Morgan fingerprint density at radius 2 is 1.29 bits per heavy atom. The first-order valence-electron chi connectivity index (χ1n) is 12.8. The number of hydrogen-bond acceptors (Lipinski definition) is 5. The lowest BCUT2D eigenvalue weighted by Gasteiger charge is -2.50. The van der Waals surface area contributed by atoms with Gasteiger partial charge in [0.15, 0.2) is 0 Å². The summed E-state index contributed by atoms with van der Waals surface area (Å²) >= 11 is 0. The first-order chi connectivity index (χ1) is 17.1. The molecule has 35 heavy (non-hydrogen) atoms. The maximum Gasteiger partial charge on any atom is 0.318 e. The van der Waals surface area contributed by atoms with Gasteiger partial charge in [-0.05, 0) is 61.5 Å². The van der Waals surface area contributed by atoms with Crippen LogP contribution < -0.4 is 10.6 Å². The molecule has 2 heterocycles. The molecule has 2 aromatic rings. The Balaban J connectivity index is 1.45. The highest BCUT2D eigenvalue weighted by Gasteiger charge is 2.46. The molecule has 0 aromatic heterocycles. The van der Waals surface area contributed by atoms with Gasteiger partial charge >= 0.3 is 6.03 Å². The molecule has 0 bridgehead atoms. The fourth-order valence-corrected chi connectivity index (χ4v) is 5.60. The van der Waals surface area contributed by atoms with Gasteiger partial charge in [-0.15, -0.1) is 4.99 Å². The van der Waals surface area contributed by atoms with Crippen molar-refractivity contribution < 1.29 is 9.59 Å². The van der Waals surface area contributed by atoms with Crippen LogP contribution in [-0.2, 0) is 17.6 Å². The van der Waals surface area contributed by atoms with Crippen LogP contribution in [0.3, 0.4) is 0 Å². The SMILES string of the molecule is CNC(=O)NC(N=C=O)(N1CCC(Cc2ccccc2)CC1)N1CCC(Cc2ccccc2)CC1. The Kier molecular flexibility index (Phi) is 8.69. The van der Waals surface area contributed by atoms with Crippen molar-refractivity contribution in [3.8, 4) is 0 Å². The van der Waals surface area contributed by atoms with Crippen LogP contribution in [-0.4, -0.2) is 61.0 Å². The molecule has 2 aliphatic rings. The summed E-state index contributed by atoms with van der Waals surface area (Å²) in [5, 5.41) is 5.67. The smallest absolute Gasteiger partial charge is 0.318 e. The van der Waals surface area contributed by atoms with E-state index in [1.165, 1.54) is 11.1 Å². The van der Waals surface area contributed by atoms with E-state index in [1.54, 1.807) is 13.1 Å². The van der Waals surface area contributed by atoms with Gasteiger partial charge in [0.25, 0.3) is 5.91 Å². The third-order valence-corrected chi connectivity index (χ3v) is 7.56. The number of likely N-dealkylation sites (tertiary alicyclic amines) is 2. The van der Waals surface area contributed by atoms with E-state index in [-0.39, 0.29) is 6.03 Å². The van der Waals surface area contributed by atoms with Gasteiger partial charge in [0.1, 0.15) is 0 Å². The average molecular weight is 476 g/mol. The Morgan fingerprint density at radius 3 is 1.66 bits per heavy atom. The number of carbonyl (C=O) groups is 1. The summed E-state index contributed by atoms with van der Waals surface area (Å²) in [5.74, 6) is -0.0524. The Morgan fingerprint density at radius 1 is 0.857 bits per heavy atom. The van der Waals surface area contributed by atoms with Crippen LogP contribution in [0.2, 0.25) is 0 Å². The van der Waals surface area contributed by atoms with Crippen molar-refractivity contribution in [2.24, 2.45) is 16.8 Å². The van der Waals surface area contributed by atoms with Crippen molar-refractivity contribution in [3.63, 3.8) is 0 Å². The molecule has 186 valence electrons. The highest BCUT2D eigenvalue weighted by Crippen LogP contribution is 2.32. The second-order valence-corrected chi connectivity index (χ2v) is 9.78. The molecule has 2 fully saturated rings. The van der Waals surface area contributed by atoms with Gasteiger partial charge in [0.2, 0.25) is 6.08 Å². The molecule has 2 aromatic carbocycles. The summed E-state index contributed by atoms with van der Waals surface area (Å²) in [6, 6.07) is 20.8. The zero-order valence-corrected chi connectivity index (χ0v) is 20.7. The summed E-state index contributed by atoms with van der Waals surface area (Å²) in [6.45, 7) is 3.04. The van der Waals surface area contributed by atoms with Gasteiger partial charge in [0.05, 0.1) is 0 Å². The zero-order valence-electron chi connectivity index (χ0n) is 20.7. The zero-order chi connectivity index (χ0) is 24.5. The highest BCUT2D eigenvalue weighted by atomic mass is 16.2. The third kappa shape index (κ3) is 6.37. The van der Waals surface area contributed by atoms with E-state index < -0.39 is 5.91 Å². The maximum absolute atomic E-state index is 12.5. The van der Waals surface area contributed by atoms with Gasteiger partial charge in [-0.1, -0.05) is 60.7 Å². The minimum atomic E-state index is -1.20. The molecule has 2 N–H and O–H groups in total. The van der Waals surface area contributed by atoms with Crippen LogP contribution in [0.15, 0.2) is 65.7 Å². The summed E-state index contributed by atoms with van der Waals surface area (Å²) in [5.41, 5.74) is 2.71. The number of urea groups is 1.